The van der Waals surface area contributed by atoms with Crippen LogP contribution >= 0.6 is 0 Å². The van der Waals surface area contributed by atoms with Crippen molar-refractivity contribution in [1.29, 1.82) is 0 Å². The lowest BCUT2D eigenvalue weighted by atomic mass is 9.96. The summed E-state index contributed by atoms with van der Waals surface area (Å²) in [5.41, 5.74) is 2.73. The van der Waals surface area contributed by atoms with Crippen LogP contribution in [0.2, 0.25) is 0 Å². The number of para-hydroxylation sites is 2. The Hall–Kier alpha value is -3.48. The van der Waals surface area contributed by atoms with Crippen LogP contribution < -0.4 is 10.2 Å². The van der Waals surface area contributed by atoms with Crippen molar-refractivity contribution >= 4 is 17.6 Å². The van der Waals surface area contributed by atoms with Gasteiger partial charge >= 0.3 is 6.03 Å². The molecule has 2 aliphatic carbocycles. The number of rotatable bonds is 5. The quantitative estimate of drug-likeness (QED) is 0.584. The van der Waals surface area contributed by atoms with Crippen LogP contribution in [0.3, 0.4) is 0 Å². The van der Waals surface area contributed by atoms with Crippen molar-refractivity contribution in [1.82, 2.24) is 14.8 Å². The number of benzene rings is 1. The third-order valence-electron chi connectivity index (χ3n) is 7.29. The Bertz CT molecular complexity index is 1170. The van der Waals surface area contributed by atoms with Gasteiger partial charge in [-0.3, -0.25) is 9.69 Å². The van der Waals surface area contributed by atoms with Crippen molar-refractivity contribution in [3.63, 3.8) is 0 Å². The Morgan fingerprint density at radius 1 is 0.941 bits per heavy atom. The van der Waals surface area contributed by atoms with E-state index in [1.807, 2.05) is 59.6 Å². The zero-order valence-corrected chi connectivity index (χ0v) is 19.2. The fraction of sp³-hybridized carbons (Fsp3) is 0.407. The molecule has 1 aromatic carbocycles. The van der Waals surface area contributed by atoms with E-state index >= 15 is 0 Å². The molecule has 0 spiro atoms. The SMILES string of the molecule is O=C(NC1CCCCC1)N(CC(=O)N1c2ccccc2-n2cccc2C1c1ccco1)C1CC1. The zero-order chi connectivity index (χ0) is 23.1. The van der Waals surface area contributed by atoms with Gasteiger partial charge in [0, 0.05) is 18.3 Å². The van der Waals surface area contributed by atoms with E-state index in [0.29, 0.717) is 5.76 Å². The number of nitrogens with zero attached hydrogens (tertiary/aromatic N) is 3. The van der Waals surface area contributed by atoms with E-state index in [1.165, 1.54) is 6.42 Å². The number of carbonyl (C=O) groups excluding carboxylic acids is 2. The van der Waals surface area contributed by atoms with Gasteiger partial charge in [0.15, 0.2) is 0 Å². The first-order valence-corrected chi connectivity index (χ1v) is 12.4. The number of hydrogen-bond acceptors (Lipinski definition) is 3. The average Bonchev–Trinajstić information content (AvgIpc) is 3.33. The molecule has 3 amide bonds. The number of hydrogen-bond donors (Lipinski definition) is 1. The summed E-state index contributed by atoms with van der Waals surface area (Å²) >= 11 is 0. The Morgan fingerprint density at radius 3 is 2.47 bits per heavy atom. The van der Waals surface area contributed by atoms with Crippen LogP contribution in [-0.4, -0.2) is 40.0 Å². The molecule has 0 bridgehead atoms. The van der Waals surface area contributed by atoms with Gasteiger partial charge in [0.1, 0.15) is 18.3 Å². The lowest BCUT2D eigenvalue weighted by Crippen LogP contribution is -2.51. The van der Waals surface area contributed by atoms with Crippen molar-refractivity contribution in [2.75, 3.05) is 11.4 Å². The third-order valence-corrected chi connectivity index (χ3v) is 7.29. The van der Waals surface area contributed by atoms with E-state index in [2.05, 4.69) is 9.88 Å². The smallest absolute Gasteiger partial charge is 0.318 e. The van der Waals surface area contributed by atoms with Crippen LogP contribution in [0.4, 0.5) is 10.5 Å². The molecule has 3 heterocycles. The molecule has 1 N–H and O–H groups in total. The van der Waals surface area contributed by atoms with Gasteiger partial charge in [-0.15, -0.1) is 0 Å². The second-order valence-corrected chi connectivity index (χ2v) is 9.62. The van der Waals surface area contributed by atoms with Crippen LogP contribution in [0.1, 0.15) is 62.4 Å². The molecule has 1 atom stereocenters. The van der Waals surface area contributed by atoms with Crippen LogP contribution in [0.5, 0.6) is 0 Å². The predicted molar refractivity (Wildman–Crippen MR) is 129 cm³/mol. The molecule has 7 nitrogen and oxygen atoms in total. The molecule has 34 heavy (non-hydrogen) atoms. The third kappa shape index (κ3) is 3.79. The fourth-order valence-electron chi connectivity index (χ4n) is 5.46. The number of aromatic nitrogens is 1. The van der Waals surface area contributed by atoms with Crippen molar-refractivity contribution in [3.05, 3.63) is 72.4 Å². The molecular formula is C27H30N4O3. The summed E-state index contributed by atoms with van der Waals surface area (Å²) in [6.45, 7) is 0.0511. The van der Waals surface area contributed by atoms with Crippen molar-refractivity contribution in [2.24, 2.45) is 0 Å². The predicted octanol–water partition coefficient (Wildman–Crippen LogP) is 5.01. The first-order valence-electron chi connectivity index (χ1n) is 12.4. The summed E-state index contributed by atoms with van der Waals surface area (Å²) in [7, 11) is 0. The van der Waals surface area contributed by atoms with Gasteiger partial charge in [-0.05, 0) is 62.1 Å². The van der Waals surface area contributed by atoms with Gasteiger partial charge in [-0.2, -0.15) is 0 Å². The molecule has 6 rings (SSSR count). The van der Waals surface area contributed by atoms with Crippen LogP contribution in [0, 0.1) is 0 Å². The Kier molecular flexibility index (Phi) is 5.40. The van der Waals surface area contributed by atoms with Crippen LogP contribution in [0.25, 0.3) is 5.69 Å². The molecule has 3 aromatic rings. The van der Waals surface area contributed by atoms with Gasteiger partial charge in [-0.25, -0.2) is 4.79 Å². The Morgan fingerprint density at radius 2 is 1.74 bits per heavy atom. The van der Waals surface area contributed by atoms with E-state index in [9.17, 15) is 9.59 Å². The highest BCUT2D eigenvalue weighted by molar-refractivity contribution is 6.00. The molecule has 176 valence electrons. The van der Waals surface area contributed by atoms with Crippen LogP contribution in [-0.2, 0) is 4.79 Å². The highest BCUT2D eigenvalue weighted by atomic mass is 16.3. The standard InChI is InChI=1S/C27H30N4O3/c32-25(18-30(20-14-15-20)27(33)28-19-8-2-1-3-9-19)31-22-11-5-4-10-21(22)29-16-6-12-23(29)26(31)24-13-7-17-34-24/h4-7,10-13,16-17,19-20,26H,1-3,8-9,14-15,18H2,(H,28,33). The van der Waals surface area contributed by atoms with E-state index in [4.69, 9.17) is 4.42 Å². The van der Waals surface area contributed by atoms with Crippen molar-refractivity contribution in [3.8, 4) is 5.69 Å². The summed E-state index contributed by atoms with van der Waals surface area (Å²) in [6, 6.07) is 15.5. The van der Waals surface area contributed by atoms with E-state index in [-0.39, 0.29) is 30.6 Å². The molecule has 2 fully saturated rings. The fourth-order valence-corrected chi connectivity index (χ4v) is 5.46. The van der Waals surface area contributed by atoms with Gasteiger partial charge in [-0.1, -0.05) is 31.4 Å². The lowest BCUT2D eigenvalue weighted by molar-refractivity contribution is -0.119. The molecule has 0 saturated heterocycles. The Labute approximate surface area is 199 Å². The second kappa shape index (κ2) is 8.70. The number of furan rings is 1. The molecule has 0 radical (unpaired) electrons. The first-order chi connectivity index (χ1) is 16.7. The minimum atomic E-state index is -0.394. The minimum absolute atomic E-state index is 0.0511. The topological polar surface area (TPSA) is 70.7 Å². The van der Waals surface area contributed by atoms with Gasteiger partial charge in [0.2, 0.25) is 5.91 Å². The normalized spacial score (nSPS) is 19.9. The number of anilines is 1. The number of urea groups is 1. The van der Waals surface area contributed by atoms with E-state index < -0.39 is 6.04 Å². The van der Waals surface area contributed by atoms with Crippen molar-refractivity contribution < 1.29 is 14.0 Å². The maximum atomic E-state index is 14.0. The minimum Gasteiger partial charge on any atom is -0.467 e. The molecule has 1 unspecified atom stereocenters. The summed E-state index contributed by atoms with van der Waals surface area (Å²) < 4.78 is 7.92. The average molecular weight is 459 g/mol. The summed E-state index contributed by atoms with van der Waals surface area (Å²) in [6.07, 6.45) is 11.1. The largest absolute Gasteiger partial charge is 0.467 e. The lowest BCUT2D eigenvalue weighted by Gasteiger charge is -2.38. The van der Waals surface area contributed by atoms with E-state index in [0.717, 1.165) is 55.6 Å². The van der Waals surface area contributed by atoms with Gasteiger partial charge in [0.25, 0.3) is 0 Å². The second-order valence-electron chi connectivity index (χ2n) is 9.62. The molecule has 7 heteroatoms. The van der Waals surface area contributed by atoms with E-state index in [1.54, 1.807) is 11.2 Å². The number of nitrogens with one attached hydrogen (secondary N) is 1. The van der Waals surface area contributed by atoms with Gasteiger partial charge in [0.05, 0.1) is 23.3 Å². The monoisotopic (exact) mass is 458 g/mol. The van der Waals surface area contributed by atoms with Gasteiger partial charge < -0.3 is 19.2 Å². The molecule has 1 aliphatic heterocycles. The molecular weight excluding hydrogens is 428 g/mol. The highest BCUT2D eigenvalue weighted by Crippen LogP contribution is 2.42. The maximum Gasteiger partial charge on any atom is 0.318 e. The first kappa shape index (κ1) is 21.1. The molecule has 2 saturated carbocycles. The van der Waals surface area contributed by atoms with Crippen LogP contribution in [0.15, 0.2) is 65.4 Å². The number of carbonyl (C=O) groups is 2. The van der Waals surface area contributed by atoms with Crippen molar-refractivity contribution in [2.45, 2.75) is 63.1 Å². The number of amides is 3. The maximum absolute atomic E-state index is 14.0. The Balaban J connectivity index is 1.32. The highest BCUT2D eigenvalue weighted by Gasteiger charge is 2.41. The summed E-state index contributed by atoms with van der Waals surface area (Å²) in [4.78, 5) is 30.8. The molecule has 3 aliphatic rings. The summed E-state index contributed by atoms with van der Waals surface area (Å²) in [5, 5.41) is 3.21. The summed E-state index contributed by atoms with van der Waals surface area (Å²) in [5.74, 6) is 0.597. The molecule has 2 aromatic heterocycles. The number of fused-ring (bicyclic) bond motifs is 3. The zero-order valence-electron chi connectivity index (χ0n) is 19.2.